The Morgan fingerprint density at radius 3 is 2.67 bits per heavy atom. The summed E-state index contributed by atoms with van der Waals surface area (Å²) in [6.45, 7) is 0. The number of fused-ring (bicyclic) bond motifs is 1. The molecule has 2 aromatic heterocycles. The van der Waals surface area contributed by atoms with Gasteiger partial charge in [0.05, 0.1) is 16.8 Å². The number of nitrogens with zero attached hydrogens (tertiary/aromatic N) is 4. The van der Waals surface area contributed by atoms with E-state index >= 15 is 0 Å². The molecule has 4 aromatic rings. The van der Waals surface area contributed by atoms with Crippen LogP contribution >= 0.6 is 11.8 Å². The predicted molar refractivity (Wildman–Crippen MR) is 96.5 cm³/mol. The fourth-order valence-corrected chi connectivity index (χ4v) is 3.31. The summed E-state index contributed by atoms with van der Waals surface area (Å²) >= 11 is 1.60. The van der Waals surface area contributed by atoms with Crippen molar-refractivity contribution in [1.29, 1.82) is 0 Å². The Balaban J connectivity index is 1.54. The molecule has 0 atom stereocenters. The van der Waals surface area contributed by atoms with Gasteiger partial charge in [-0.15, -0.1) is 10.2 Å². The second-order valence-corrected chi connectivity index (χ2v) is 6.42. The van der Waals surface area contributed by atoms with Crippen molar-refractivity contribution in [3.05, 3.63) is 54.4 Å². The van der Waals surface area contributed by atoms with Crippen LogP contribution in [0.2, 0.25) is 0 Å². The molecule has 0 saturated carbocycles. The second kappa shape index (κ2) is 6.01. The van der Waals surface area contributed by atoms with Gasteiger partial charge < -0.3 is 15.3 Å². The Bertz CT molecular complexity index is 953. The molecule has 120 valence electrons. The van der Waals surface area contributed by atoms with Gasteiger partial charge in [0.15, 0.2) is 11.0 Å². The molecule has 24 heavy (non-hydrogen) atoms. The molecule has 0 saturated heterocycles. The van der Waals surface area contributed by atoms with Crippen LogP contribution in [0.15, 0.2) is 53.7 Å². The molecule has 0 aliphatic carbocycles. The first-order valence-electron chi connectivity index (χ1n) is 7.52. The lowest BCUT2D eigenvalue weighted by atomic mass is 10.2. The maximum absolute atomic E-state index is 5.73. The van der Waals surface area contributed by atoms with Crippen LogP contribution in [-0.4, -0.2) is 24.7 Å². The molecular formula is C17H16N6S. The highest BCUT2D eigenvalue weighted by molar-refractivity contribution is 7.98. The van der Waals surface area contributed by atoms with E-state index in [-0.39, 0.29) is 0 Å². The Morgan fingerprint density at radius 1 is 1.08 bits per heavy atom. The zero-order valence-corrected chi connectivity index (χ0v) is 13.9. The Hall–Kier alpha value is -2.80. The van der Waals surface area contributed by atoms with E-state index < -0.39 is 0 Å². The third kappa shape index (κ3) is 2.74. The molecule has 0 aliphatic rings. The van der Waals surface area contributed by atoms with Gasteiger partial charge in [-0.25, -0.2) is 4.98 Å². The van der Waals surface area contributed by atoms with Crippen molar-refractivity contribution in [3.63, 3.8) is 0 Å². The van der Waals surface area contributed by atoms with Gasteiger partial charge in [0.2, 0.25) is 0 Å². The highest BCUT2D eigenvalue weighted by Crippen LogP contribution is 2.25. The van der Waals surface area contributed by atoms with Crippen LogP contribution < -0.4 is 5.73 Å². The van der Waals surface area contributed by atoms with E-state index in [1.54, 1.807) is 11.8 Å². The number of aromatic amines is 1. The lowest BCUT2D eigenvalue weighted by Crippen LogP contribution is -1.95. The minimum absolute atomic E-state index is 0.711. The van der Waals surface area contributed by atoms with Crippen LogP contribution in [-0.2, 0) is 12.8 Å². The summed E-state index contributed by atoms with van der Waals surface area (Å²) in [6.07, 6.45) is 0. The van der Waals surface area contributed by atoms with E-state index in [4.69, 9.17) is 5.73 Å². The van der Waals surface area contributed by atoms with E-state index in [9.17, 15) is 0 Å². The summed E-state index contributed by atoms with van der Waals surface area (Å²) in [4.78, 5) is 7.91. The standard InChI is InChI=1S/C17H16N6S/c1-23-16(11-6-8-12(18)9-7-11)21-22-17(23)24-10-15-19-13-4-2-3-5-14(13)20-15/h2-9H,10,18H2,1H3,(H,19,20). The number of hydrogen-bond donors (Lipinski definition) is 2. The van der Waals surface area contributed by atoms with Gasteiger partial charge in [-0.1, -0.05) is 23.9 Å². The van der Waals surface area contributed by atoms with Crippen LogP contribution in [0.1, 0.15) is 5.82 Å². The molecule has 0 spiro atoms. The van der Waals surface area contributed by atoms with Crippen molar-refractivity contribution >= 4 is 28.5 Å². The number of rotatable bonds is 4. The summed E-state index contributed by atoms with van der Waals surface area (Å²) in [5.41, 5.74) is 9.50. The molecule has 7 heteroatoms. The number of H-pyrrole nitrogens is 1. The molecule has 2 aromatic carbocycles. The van der Waals surface area contributed by atoms with Gasteiger partial charge in [0, 0.05) is 18.3 Å². The summed E-state index contributed by atoms with van der Waals surface area (Å²) in [6, 6.07) is 15.6. The third-order valence-corrected chi connectivity index (χ3v) is 4.81. The third-order valence-electron chi connectivity index (χ3n) is 3.78. The lowest BCUT2D eigenvalue weighted by Gasteiger charge is -2.03. The molecule has 0 amide bonds. The highest BCUT2D eigenvalue weighted by Gasteiger charge is 2.12. The van der Waals surface area contributed by atoms with Gasteiger partial charge in [0.1, 0.15) is 5.82 Å². The fraction of sp³-hybridized carbons (Fsp3) is 0.118. The molecule has 0 bridgehead atoms. The largest absolute Gasteiger partial charge is 0.399 e. The van der Waals surface area contributed by atoms with Crippen molar-refractivity contribution in [2.75, 3.05) is 5.73 Å². The summed E-state index contributed by atoms with van der Waals surface area (Å²) < 4.78 is 1.98. The van der Waals surface area contributed by atoms with E-state index in [1.165, 1.54) is 0 Å². The van der Waals surface area contributed by atoms with Gasteiger partial charge in [-0.2, -0.15) is 0 Å². The quantitative estimate of drug-likeness (QED) is 0.441. The van der Waals surface area contributed by atoms with Crippen LogP contribution in [0.25, 0.3) is 22.4 Å². The number of nitrogen functional groups attached to an aromatic ring is 1. The maximum Gasteiger partial charge on any atom is 0.191 e. The first-order valence-corrected chi connectivity index (χ1v) is 8.51. The van der Waals surface area contributed by atoms with E-state index in [0.717, 1.165) is 39.1 Å². The molecule has 0 aliphatic heterocycles. The van der Waals surface area contributed by atoms with Gasteiger partial charge in [-0.3, -0.25) is 0 Å². The van der Waals surface area contributed by atoms with Crippen LogP contribution in [0.3, 0.4) is 0 Å². The molecule has 0 fully saturated rings. The van der Waals surface area contributed by atoms with E-state index in [2.05, 4.69) is 20.2 Å². The average molecular weight is 336 g/mol. The van der Waals surface area contributed by atoms with Gasteiger partial charge in [-0.05, 0) is 36.4 Å². The Labute approximate surface area is 143 Å². The molecular weight excluding hydrogens is 320 g/mol. The first kappa shape index (κ1) is 14.8. The molecule has 0 unspecified atom stereocenters. The summed E-state index contributed by atoms with van der Waals surface area (Å²) in [5, 5.41) is 9.43. The minimum atomic E-state index is 0.711. The maximum atomic E-state index is 5.73. The molecule has 0 radical (unpaired) electrons. The number of anilines is 1. The smallest absolute Gasteiger partial charge is 0.191 e. The zero-order chi connectivity index (χ0) is 16.5. The number of nitrogens with one attached hydrogen (secondary N) is 1. The van der Waals surface area contributed by atoms with Crippen molar-refractivity contribution in [1.82, 2.24) is 24.7 Å². The fourth-order valence-electron chi connectivity index (χ4n) is 2.53. The number of hydrogen-bond acceptors (Lipinski definition) is 5. The van der Waals surface area contributed by atoms with Gasteiger partial charge in [0.25, 0.3) is 0 Å². The van der Waals surface area contributed by atoms with Crippen molar-refractivity contribution in [3.8, 4) is 11.4 Å². The highest BCUT2D eigenvalue weighted by atomic mass is 32.2. The number of benzene rings is 2. The van der Waals surface area contributed by atoms with Crippen molar-refractivity contribution < 1.29 is 0 Å². The zero-order valence-electron chi connectivity index (χ0n) is 13.1. The van der Waals surface area contributed by atoms with Gasteiger partial charge >= 0.3 is 0 Å². The first-order chi connectivity index (χ1) is 11.7. The van der Waals surface area contributed by atoms with Crippen LogP contribution in [0, 0.1) is 0 Å². The number of para-hydroxylation sites is 2. The normalized spacial score (nSPS) is 11.2. The lowest BCUT2D eigenvalue weighted by molar-refractivity contribution is 0.793. The van der Waals surface area contributed by atoms with Crippen LogP contribution in [0.5, 0.6) is 0 Å². The summed E-state index contributed by atoms with van der Waals surface area (Å²) in [7, 11) is 1.96. The van der Waals surface area contributed by atoms with Crippen molar-refractivity contribution in [2.45, 2.75) is 10.9 Å². The topological polar surface area (TPSA) is 85.4 Å². The second-order valence-electron chi connectivity index (χ2n) is 5.48. The number of thioether (sulfide) groups is 1. The molecule has 2 heterocycles. The Morgan fingerprint density at radius 2 is 1.88 bits per heavy atom. The number of nitrogens with two attached hydrogens (primary N) is 1. The summed E-state index contributed by atoms with van der Waals surface area (Å²) in [5.74, 6) is 2.46. The van der Waals surface area contributed by atoms with E-state index in [0.29, 0.717) is 5.75 Å². The Kier molecular flexibility index (Phi) is 3.70. The monoisotopic (exact) mass is 336 g/mol. The minimum Gasteiger partial charge on any atom is -0.399 e. The van der Waals surface area contributed by atoms with E-state index in [1.807, 2.05) is 60.1 Å². The number of imidazole rings is 1. The van der Waals surface area contributed by atoms with Crippen LogP contribution in [0.4, 0.5) is 5.69 Å². The number of aromatic nitrogens is 5. The van der Waals surface area contributed by atoms with Crippen molar-refractivity contribution in [2.24, 2.45) is 7.05 Å². The molecule has 4 rings (SSSR count). The predicted octanol–water partition coefficient (Wildman–Crippen LogP) is 3.23. The SMILES string of the molecule is Cn1c(SCc2nc3ccccc3[nH]2)nnc1-c1ccc(N)cc1. The molecule has 3 N–H and O–H groups in total. The molecule has 6 nitrogen and oxygen atoms in total. The average Bonchev–Trinajstić information content (AvgIpc) is 3.17.